The standard InChI is InChI=1S/C18H25NO3/c1-12-5-3-6-13(2)17(12)19-18(20)14-7-8-15-16(11-14)22-10-4-9-21-15/h7-8,11-13,17H,3-6,9-10H2,1-2H3,(H,19,20). The molecule has 1 N–H and O–H groups in total. The van der Waals surface area contributed by atoms with E-state index in [0.717, 1.165) is 12.2 Å². The Morgan fingerprint density at radius 3 is 2.45 bits per heavy atom. The molecule has 4 nitrogen and oxygen atoms in total. The summed E-state index contributed by atoms with van der Waals surface area (Å²) in [4.78, 5) is 12.6. The first kappa shape index (κ1) is 15.2. The molecule has 0 aromatic heterocycles. The number of carbonyl (C=O) groups excluding carboxylic acids is 1. The number of ether oxygens (including phenoxy) is 2. The summed E-state index contributed by atoms with van der Waals surface area (Å²) in [5, 5.41) is 3.22. The summed E-state index contributed by atoms with van der Waals surface area (Å²) < 4.78 is 11.3. The molecule has 2 aliphatic rings. The molecular formula is C18H25NO3. The molecule has 4 heteroatoms. The average molecular weight is 303 g/mol. The van der Waals surface area contributed by atoms with Crippen molar-refractivity contribution < 1.29 is 14.3 Å². The van der Waals surface area contributed by atoms with Crippen molar-refractivity contribution in [3.05, 3.63) is 23.8 Å². The zero-order chi connectivity index (χ0) is 15.5. The van der Waals surface area contributed by atoms with E-state index in [-0.39, 0.29) is 11.9 Å². The smallest absolute Gasteiger partial charge is 0.251 e. The first-order chi connectivity index (χ1) is 10.6. The minimum Gasteiger partial charge on any atom is -0.490 e. The van der Waals surface area contributed by atoms with Crippen LogP contribution in [0.25, 0.3) is 0 Å². The third-order valence-electron chi connectivity index (χ3n) is 4.85. The van der Waals surface area contributed by atoms with Crippen LogP contribution < -0.4 is 14.8 Å². The molecule has 0 bridgehead atoms. The molecule has 2 atom stereocenters. The Labute approximate surface area is 132 Å². The summed E-state index contributed by atoms with van der Waals surface area (Å²) in [6.07, 6.45) is 4.51. The summed E-state index contributed by atoms with van der Waals surface area (Å²) in [6, 6.07) is 5.72. The minimum atomic E-state index is -0.0127. The van der Waals surface area contributed by atoms with Gasteiger partial charge in [-0.15, -0.1) is 0 Å². The minimum absolute atomic E-state index is 0.0127. The van der Waals surface area contributed by atoms with Gasteiger partial charge in [-0.3, -0.25) is 4.79 Å². The first-order valence-electron chi connectivity index (χ1n) is 8.35. The number of rotatable bonds is 2. The summed E-state index contributed by atoms with van der Waals surface area (Å²) in [5.74, 6) is 2.46. The zero-order valence-electron chi connectivity index (χ0n) is 13.4. The van der Waals surface area contributed by atoms with Gasteiger partial charge in [0.05, 0.1) is 13.2 Å². The predicted octanol–water partition coefficient (Wildman–Crippen LogP) is 3.40. The largest absolute Gasteiger partial charge is 0.490 e. The van der Waals surface area contributed by atoms with Crippen molar-refractivity contribution >= 4 is 5.91 Å². The highest BCUT2D eigenvalue weighted by molar-refractivity contribution is 5.95. The van der Waals surface area contributed by atoms with Crippen LogP contribution in [-0.4, -0.2) is 25.2 Å². The molecular weight excluding hydrogens is 278 g/mol. The molecule has 0 radical (unpaired) electrons. The van der Waals surface area contributed by atoms with Gasteiger partial charge in [0.1, 0.15) is 0 Å². The topological polar surface area (TPSA) is 47.6 Å². The normalized spacial score (nSPS) is 27.8. The lowest BCUT2D eigenvalue weighted by molar-refractivity contribution is 0.0880. The number of amides is 1. The lowest BCUT2D eigenvalue weighted by Crippen LogP contribution is -2.45. The molecule has 0 saturated heterocycles. The van der Waals surface area contributed by atoms with Crippen molar-refractivity contribution in [1.29, 1.82) is 0 Å². The second-order valence-electron chi connectivity index (χ2n) is 6.60. The van der Waals surface area contributed by atoms with Gasteiger partial charge in [-0.2, -0.15) is 0 Å². The quantitative estimate of drug-likeness (QED) is 0.911. The second kappa shape index (κ2) is 6.59. The van der Waals surface area contributed by atoms with Gasteiger partial charge >= 0.3 is 0 Å². The molecule has 1 amide bonds. The average Bonchev–Trinajstić information content (AvgIpc) is 2.75. The number of hydrogen-bond acceptors (Lipinski definition) is 3. The van der Waals surface area contributed by atoms with Crippen LogP contribution in [-0.2, 0) is 0 Å². The molecule has 1 saturated carbocycles. The van der Waals surface area contributed by atoms with Crippen LogP contribution in [0.1, 0.15) is 49.9 Å². The molecule has 120 valence electrons. The highest BCUT2D eigenvalue weighted by Gasteiger charge is 2.29. The van der Waals surface area contributed by atoms with Crippen LogP contribution in [0.3, 0.4) is 0 Å². The fraction of sp³-hybridized carbons (Fsp3) is 0.611. The van der Waals surface area contributed by atoms with Gasteiger partial charge in [0, 0.05) is 18.0 Å². The van der Waals surface area contributed by atoms with E-state index in [1.54, 1.807) is 6.07 Å². The lowest BCUT2D eigenvalue weighted by atomic mass is 9.78. The van der Waals surface area contributed by atoms with Gasteiger partial charge < -0.3 is 14.8 Å². The SMILES string of the molecule is CC1CCCC(C)C1NC(=O)c1ccc2c(c1)OCCCO2. The van der Waals surface area contributed by atoms with E-state index in [1.165, 1.54) is 19.3 Å². The fourth-order valence-corrected chi connectivity index (χ4v) is 3.51. The Balaban J connectivity index is 1.73. The Hall–Kier alpha value is -1.71. The van der Waals surface area contributed by atoms with Gasteiger partial charge in [-0.25, -0.2) is 0 Å². The van der Waals surface area contributed by atoms with Crippen molar-refractivity contribution in [2.75, 3.05) is 13.2 Å². The van der Waals surface area contributed by atoms with Crippen LogP contribution in [0.4, 0.5) is 0 Å². The Kier molecular flexibility index (Phi) is 4.55. The maximum atomic E-state index is 12.6. The molecule has 1 aliphatic carbocycles. The number of carbonyl (C=O) groups is 1. The summed E-state index contributed by atoms with van der Waals surface area (Å²) in [7, 11) is 0. The summed E-state index contributed by atoms with van der Waals surface area (Å²) in [5.41, 5.74) is 0.647. The monoisotopic (exact) mass is 303 g/mol. The maximum absolute atomic E-state index is 12.6. The van der Waals surface area contributed by atoms with E-state index in [0.29, 0.717) is 36.4 Å². The highest BCUT2D eigenvalue weighted by atomic mass is 16.5. The van der Waals surface area contributed by atoms with Gasteiger partial charge in [0.15, 0.2) is 11.5 Å². The van der Waals surface area contributed by atoms with Gasteiger partial charge in [-0.1, -0.05) is 20.3 Å². The number of hydrogen-bond donors (Lipinski definition) is 1. The zero-order valence-corrected chi connectivity index (χ0v) is 13.4. The second-order valence-corrected chi connectivity index (χ2v) is 6.60. The van der Waals surface area contributed by atoms with Crippen molar-refractivity contribution in [2.24, 2.45) is 11.8 Å². The Bertz CT molecular complexity index is 533. The molecule has 1 heterocycles. The van der Waals surface area contributed by atoms with Crippen LogP contribution in [0.2, 0.25) is 0 Å². The molecule has 1 aromatic carbocycles. The van der Waals surface area contributed by atoms with E-state index >= 15 is 0 Å². The highest BCUT2D eigenvalue weighted by Crippen LogP contribution is 2.32. The fourth-order valence-electron chi connectivity index (χ4n) is 3.51. The summed E-state index contributed by atoms with van der Waals surface area (Å²) in [6.45, 7) is 5.76. The third kappa shape index (κ3) is 3.21. The molecule has 1 fully saturated rings. The van der Waals surface area contributed by atoms with Crippen molar-refractivity contribution in [3.63, 3.8) is 0 Å². The van der Waals surface area contributed by atoms with Crippen molar-refractivity contribution in [1.82, 2.24) is 5.32 Å². The molecule has 3 rings (SSSR count). The molecule has 0 spiro atoms. The molecule has 22 heavy (non-hydrogen) atoms. The van der Waals surface area contributed by atoms with Crippen LogP contribution in [0, 0.1) is 11.8 Å². The first-order valence-corrected chi connectivity index (χ1v) is 8.35. The van der Waals surface area contributed by atoms with E-state index < -0.39 is 0 Å². The van der Waals surface area contributed by atoms with Crippen molar-refractivity contribution in [3.8, 4) is 11.5 Å². The van der Waals surface area contributed by atoms with E-state index in [4.69, 9.17) is 9.47 Å². The van der Waals surface area contributed by atoms with Gasteiger partial charge in [0.2, 0.25) is 0 Å². The Morgan fingerprint density at radius 1 is 1.05 bits per heavy atom. The lowest BCUT2D eigenvalue weighted by Gasteiger charge is -2.35. The maximum Gasteiger partial charge on any atom is 0.251 e. The van der Waals surface area contributed by atoms with Crippen LogP contribution in [0.5, 0.6) is 11.5 Å². The van der Waals surface area contributed by atoms with Crippen LogP contribution in [0.15, 0.2) is 18.2 Å². The molecule has 1 aromatic rings. The van der Waals surface area contributed by atoms with Crippen molar-refractivity contribution in [2.45, 2.75) is 45.6 Å². The predicted molar refractivity (Wildman–Crippen MR) is 85.5 cm³/mol. The summed E-state index contributed by atoms with van der Waals surface area (Å²) >= 11 is 0. The van der Waals surface area contributed by atoms with E-state index in [9.17, 15) is 4.79 Å². The van der Waals surface area contributed by atoms with E-state index in [1.807, 2.05) is 12.1 Å². The van der Waals surface area contributed by atoms with Gasteiger partial charge in [-0.05, 0) is 42.9 Å². The van der Waals surface area contributed by atoms with Gasteiger partial charge in [0.25, 0.3) is 5.91 Å². The molecule has 2 unspecified atom stereocenters. The number of nitrogens with one attached hydrogen (secondary N) is 1. The van der Waals surface area contributed by atoms with Crippen LogP contribution >= 0.6 is 0 Å². The third-order valence-corrected chi connectivity index (χ3v) is 4.85. The number of benzene rings is 1. The Morgan fingerprint density at radius 2 is 1.73 bits per heavy atom. The van der Waals surface area contributed by atoms with E-state index in [2.05, 4.69) is 19.2 Å². The number of fused-ring (bicyclic) bond motifs is 1. The molecule has 1 aliphatic heterocycles.